The number of amides is 1. The first kappa shape index (κ1) is 30.5. The van der Waals surface area contributed by atoms with Crippen molar-refractivity contribution in [1.82, 2.24) is 4.72 Å². The third-order valence-electron chi connectivity index (χ3n) is 7.53. The van der Waals surface area contributed by atoms with Gasteiger partial charge in [0.05, 0.1) is 51.8 Å². The van der Waals surface area contributed by atoms with Crippen molar-refractivity contribution in [2.75, 3.05) is 51.5 Å². The summed E-state index contributed by atoms with van der Waals surface area (Å²) >= 11 is 0. The van der Waals surface area contributed by atoms with Crippen molar-refractivity contribution in [3.63, 3.8) is 0 Å². The molecule has 0 spiro atoms. The van der Waals surface area contributed by atoms with Crippen molar-refractivity contribution in [3.8, 4) is 12.1 Å². The van der Waals surface area contributed by atoms with Gasteiger partial charge in [0.25, 0.3) is 0 Å². The number of hydrogen-bond acceptors (Lipinski definition) is 9. The number of rotatable bonds is 11. The fraction of sp³-hybridized carbons (Fsp3) is 0.419. The van der Waals surface area contributed by atoms with E-state index in [4.69, 9.17) is 0 Å². The Labute approximate surface area is 248 Å². The fourth-order valence-electron chi connectivity index (χ4n) is 5.77. The molecule has 0 fully saturated rings. The molecule has 0 radical (unpaired) electrons. The second kappa shape index (κ2) is 13.0. The van der Waals surface area contributed by atoms with Crippen LogP contribution in [0.3, 0.4) is 0 Å². The Kier molecular flexibility index (Phi) is 9.47. The first-order chi connectivity index (χ1) is 20.2. The lowest BCUT2D eigenvalue weighted by Gasteiger charge is -2.32. The van der Waals surface area contributed by atoms with Crippen molar-refractivity contribution < 1.29 is 13.2 Å². The average Bonchev–Trinajstić information content (AvgIpc) is 3.44. The predicted molar refractivity (Wildman–Crippen MR) is 166 cm³/mol. The van der Waals surface area contributed by atoms with Gasteiger partial charge in [-0.05, 0) is 76.1 Å². The molecule has 11 heteroatoms. The maximum Gasteiger partial charge on any atom is 0.234 e. The van der Waals surface area contributed by atoms with Crippen molar-refractivity contribution in [2.24, 2.45) is 0 Å². The van der Waals surface area contributed by atoms with Crippen LogP contribution in [0.4, 0.5) is 22.7 Å². The molecule has 0 aliphatic carbocycles. The first-order valence-corrected chi connectivity index (χ1v) is 16.0. The van der Waals surface area contributed by atoms with E-state index in [1.165, 1.54) is 6.92 Å². The Morgan fingerprint density at radius 1 is 0.881 bits per heavy atom. The van der Waals surface area contributed by atoms with Gasteiger partial charge in [0.2, 0.25) is 15.9 Å². The van der Waals surface area contributed by atoms with Crippen LogP contribution < -0.4 is 24.3 Å². The fourth-order valence-corrected chi connectivity index (χ4v) is 6.89. The molecule has 0 aromatic heterocycles. The Bertz CT molecular complexity index is 1600. The highest BCUT2D eigenvalue weighted by molar-refractivity contribution is 7.90. The Morgan fingerprint density at radius 2 is 1.50 bits per heavy atom. The Hall–Kier alpha value is -4.44. The maximum absolute atomic E-state index is 12.1. The minimum Gasteiger partial charge on any atom is -0.349 e. The molecule has 2 aromatic rings. The molecule has 1 N–H and O–H groups in total. The number of carbonyl (C=O) groups is 1. The number of hydrogen-bond donors (Lipinski definition) is 1. The predicted octanol–water partition coefficient (Wildman–Crippen LogP) is 4.40. The van der Waals surface area contributed by atoms with Gasteiger partial charge >= 0.3 is 0 Å². The van der Waals surface area contributed by atoms with Crippen LogP contribution in [0.2, 0.25) is 0 Å². The number of unbranched alkanes of at least 4 members (excludes halogenated alkanes) is 1. The quantitative estimate of drug-likeness (QED) is 0.301. The van der Waals surface area contributed by atoms with Crippen LogP contribution in [0.5, 0.6) is 0 Å². The lowest BCUT2D eigenvalue weighted by molar-refractivity contribution is -0.117. The van der Waals surface area contributed by atoms with Gasteiger partial charge in [-0.3, -0.25) is 9.52 Å². The molecule has 42 heavy (non-hydrogen) atoms. The van der Waals surface area contributed by atoms with E-state index in [2.05, 4.69) is 64.3 Å². The van der Waals surface area contributed by atoms with Crippen molar-refractivity contribution in [3.05, 3.63) is 65.2 Å². The minimum atomic E-state index is -3.66. The summed E-state index contributed by atoms with van der Waals surface area (Å²) in [5.41, 5.74) is 8.78. The van der Waals surface area contributed by atoms with Crippen LogP contribution in [-0.2, 0) is 14.8 Å². The molecule has 2 aliphatic rings. The molecule has 4 rings (SSSR count). The third kappa shape index (κ3) is 6.23. The van der Waals surface area contributed by atoms with Crippen molar-refractivity contribution >= 4 is 38.7 Å². The number of benzene rings is 2. The highest BCUT2D eigenvalue weighted by Crippen LogP contribution is 2.43. The van der Waals surface area contributed by atoms with Crippen LogP contribution in [0.25, 0.3) is 0 Å². The topological polar surface area (TPSA) is 124 Å². The van der Waals surface area contributed by atoms with Crippen molar-refractivity contribution in [2.45, 2.75) is 53.1 Å². The Morgan fingerprint density at radius 3 is 2.10 bits per heavy atom. The van der Waals surface area contributed by atoms with Gasteiger partial charge in [0.15, 0.2) is 5.82 Å². The number of fused-ring (bicyclic) bond motifs is 2. The standard InChI is InChI=1S/C31H37N7O3S/c1-5-35-26-15-13-24(21-32)19-28(26)37(7-3)30(35)11-10-12-31-36(6-2)27-16-14-25(22-33)20-29(27)38(31)17-8-9-18-42(40,41)34-23(4)39/h10,13-16,19-20,31H,5-9,12,17-18H2,1-4H3,(H,34,39). The number of anilines is 4. The van der Waals surface area contributed by atoms with E-state index in [9.17, 15) is 23.7 Å². The molecular weight excluding hydrogens is 550 g/mol. The summed E-state index contributed by atoms with van der Waals surface area (Å²) in [4.78, 5) is 20.1. The zero-order chi connectivity index (χ0) is 30.4. The van der Waals surface area contributed by atoms with E-state index in [-0.39, 0.29) is 11.9 Å². The highest BCUT2D eigenvalue weighted by atomic mass is 32.2. The summed E-state index contributed by atoms with van der Waals surface area (Å²) < 4.78 is 26.3. The number of carbonyl (C=O) groups excluding carboxylic acids is 1. The third-order valence-corrected chi connectivity index (χ3v) is 8.96. The molecule has 0 saturated carbocycles. The molecule has 1 amide bonds. The van der Waals surface area contributed by atoms with Gasteiger partial charge in [0.1, 0.15) is 6.17 Å². The largest absolute Gasteiger partial charge is 0.349 e. The van der Waals surface area contributed by atoms with Crippen molar-refractivity contribution in [1.29, 1.82) is 10.5 Å². The molecule has 2 aliphatic heterocycles. The van der Waals surface area contributed by atoms with Crippen LogP contribution in [0.15, 0.2) is 54.0 Å². The van der Waals surface area contributed by atoms with Gasteiger partial charge in [-0.15, -0.1) is 0 Å². The van der Waals surface area contributed by atoms with Crippen LogP contribution >= 0.6 is 0 Å². The molecule has 10 nitrogen and oxygen atoms in total. The van der Waals surface area contributed by atoms with Crippen LogP contribution in [-0.4, -0.2) is 52.4 Å². The number of sulfonamides is 1. The Balaban J connectivity index is 1.61. The lowest BCUT2D eigenvalue weighted by atomic mass is 10.1. The van der Waals surface area contributed by atoms with Crippen LogP contribution in [0, 0.1) is 22.7 Å². The van der Waals surface area contributed by atoms with Crippen LogP contribution in [0.1, 0.15) is 58.1 Å². The zero-order valence-electron chi connectivity index (χ0n) is 24.6. The molecule has 0 saturated heterocycles. The number of nitrogens with one attached hydrogen (secondary N) is 1. The minimum absolute atomic E-state index is 0.0434. The summed E-state index contributed by atoms with van der Waals surface area (Å²) in [6.45, 7) is 10.3. The SMILES string of the molecule is CCN1C(=C=CCC2N(CC)c3ccc(C#N)cc3N2CCCCS(=O)(=O)NC(C)=O)N(CC)c2cc(C#N)ccc21. The van der Waals surface area contributed by atoms with Gasteiger partial charge in [-0.2, -0.15) is 10.5 Å². The number of nitriles is 2. The highest BCUT2D eigenvalue weighted by Gasteiger charge is 2.35. The summed E-state index contributed by atoms with van der Waals surface area (Å²) in [7, 11) is -3.66. The summed E-state index contributed by atoms with van der Waals surface area (Å²) in [5.74, 6) is 0.212. The molecule has 1 atom stereocenters. The van der Waals surface area contributed by atoms with Gasteiger partial charge in [-0.25, -0.2) is 8.42 Å². The number of nitrogens with zero attached hydrogens (tertiary/aromatic N) is 6. The monoisotopic (exact) mass is 587 g/mol. The molecule has 2 heterocycles. The van der Waals surface area contributed by atoms with E-state index >= 15 is 0 Å². The molecule has 2 aromatic carbocycles. The molecule has 0 bridgehead atoms. The van der Waals surface area contributed by atoms with Gasteiger partial charge in [-0.1, -0.05) is 5.73 Å². The average molecular weight is 588 g/mol. The normalized spacial score (nSPS) is 15.6. The molecule has 1 unspecified atom stereocenters. The van der Waals surface area contributed by atoms with E-state index in [1.54, 1.807) is 0 Å². The molecule has 220 valence electrons. The smallest absolute Gasteiger partial charge is 0.234 e. The summed E-state index contributed by atoms with van der Waals surface area (Å²) in [5, 5.41) is 19.0. The lowest BCUT2D eigenvalue weighted by Crippen LogP contribution is -2.43. The second-order valence-electron chi connectivity index (χ2n) is 10.2. The van der Waals surface area contributed by atoms with E-state index in [0.29, 0.717) is 36.9 Å². The van der Waals surface area contributed by atoms with Gasteiger partial charge in [0, 0.05) is 39.5 Å². The van der Waals surface area contributed by atoms with Gasteiger partial charge < -0.3 is 19.6 Å². The zero-order valence-corrected chi connectivity index (χ0v) is 25.4. The summed E-state index contributed by atoms with van der Waals surface area (Å²) in [6.07, 6.45) is 3.64. The summed E-state index contributed by atoms with van der Waals surface area (Å²) in [6, 6.07) is 15.9. The maximum atomic E-state index is 12.1. The van der Waals surface area contributed by atoms with E-state index in [1.807, 2.05) is 41.1 Å². The molecular formula is C31H37N7O3S. The van der Waals surface area contributed by atoms with E-state index < -0.39 is 15.9 Å². The second-order valence-corrected chi connectivity index (χ2v) is 12.0. The van der Waals surface area contributed by atoms with E-state index in [0.717, 1.165) is 48.2 Å². The first-order valence-electron chi connectivity index (χ1n) is 14.3.